The molecule has 0 aliphatic carbocycles. The van der Waals surface area contributed by atoms with Crippen LogP contribution >= 0.6 is 34.8 Å². The zero-order chi connectivity index (χ0) is 14.5. The first-order valence-corrected chi connectivity index (χ1v) is 6.52. The number of aromatic nitrogens is 3. The lowest BCUT2D eigenvalue weighted by molar-refractivity contribution is 0.303. The van der Waals surface area contributed by atoms with Crippen LogP contribution in [0, 0.1) is 0 Å². The average Bonchev–Trinajstić information content (AvgIpc) is 2.35. The monoisotopic (exact) mass is 329 g/mol. The van der Waals surface area contributed by atoms with Crippen LogP contribution in [0.4, 0.5) is 11.9 Å². The SMILES string of the molecule is CN(CCO)c1nc(NCCO)nc(C(Cl)(Cl)Cl)n1. The van der Waals surface area contributed by atoms with Crippen molar-refractivity contribution in [3.63, 3.8) is 0 Å². The van der Waals surface area contributed by atoms with Gasteiger partial charge in [0.2, 0.25) is 15.7 Å². The summed E-state index contributed by atoms with van der Waals surface area (Å²) in [5, 5.41) is 20.4. The molecule has 108 valence electrons. The van der Waals surface area contributed by atoms with Gasteiger partial charge in [0.1, 0.15) is 0 Å². The number of halogens is 3. The second-order valence-corrected chi connectivity index (χ2v) is 5.86. The Hall–Kier alpha value is -0.600. The van der Waals surface area contributed by atoms with E-state index in [1.807, 2.05) is 0 Å². The number of likely N-dealkylation sites (N-methyl/N-ethyl adjacent to an activating group) is 1. The van der Waals surface area contributed by atoms with E-state index >= 15 is 0 Å². The van der Waals surface area contributed by atoms with E-state index in [-0.39, 0.29) is 37.5 Å². The Balaban J connectivity index is 3.08. The standard InChI is InChI=1S/C9H14Cl3N5O2/c1-17(3-5-19)8-15-6(9(10,11)12)14-7(16-8)13-2-4-18/h18-19H,2-5H2,1H3,(H,13,14,15,16). The molecular weight excluding hydrogens is 316 g/mol. The molecule has 1 aromatic rings. The van der Waals surface area contributed by atoms with Crippen LogP contribution in [-0.2, 0) is 3.79 Å². The first-order valence-electron chi connectivity index (χ1n) is 5.38. The summed E-state index contributed by atoms with van der Waals surface area (Å²) in [7, 11) is 1.68. The number of nitrogens with zero attached hydrogens (tertiary/aromatic N) is 4. The largest absolute Gasteiger partial charge is 0.395 e. The third-order valence-corrected chi connectivity index (χ3v) is 2.56. The fraction of sp³-hybridized carbons (Fsp3) is 0.667. The van der Waals surface area contributed by atoms with Crippen LogP contribution in [-0.4, -0.2) is 58.5 Å². The minimum absolute atomic E-state index is 0.0345. The van der Waals surface area contributed by atoms with Gasteiger partial charge >= 0.3 is 0 Å². The zero-order valence-corrected chi connectivity index (χ0v) is 12.4. The molecule has 0 spiro atoms. The van der Waals surface area contributed by atoms with Crippen LogP contribution in [0.5, 0.6) is 0 Å². The highest BCUT2D eigenvalue weighted by Gasteiger charge is 2.28. The maximum Gasteiger partial charge on any atom is 0.250 e. The summed E-state index contributed by atoms with van der Waals surface area (Å²) in [4.78, 5) is 13.7. The molecule has 0 bridgehead atoms. The first kappa shape index (κ1) is 16.5. The molecule has 0 aromatic carbocycles. The quantitative estimate of drug-likeness (QED) is 0.655. The number of nitrogens with one attached hydrogen (secondary N) is 1. The number of rotatable bonds is 6. The molecule has 0 saturated carbocycles. The lowest BCUT2D eigenvalue weighted by Gasteiger charge is -2.18. The third-order valence-electron chi connectivity index (χ3n) is 2.05. The van der Waals surface area contributed by atoms with Crippen molar-refractivity contribution >= 4 is 46.7 Å². The Morgan fingerprint density at radius 1 is 1.16 bits per heavy atom. The third kappa shape index (κ3) is 5.12. The molecular formula is C9H14Cl3N5O2. The summed E-state index contributed by atoms with van der Waals surface area (Å²) in [6, 6.07) is 0. The molecule has 0 aliphatic rings. The topological polar surface area (TPSA) is 94.4 Å². The van der Waals surface area contributed by atoms with Crippen LogP contribution in [0.2, 0.25) is 0 Å². The molecule has 1 heterocycles. The van der Waals surface area contributed by atoms with E-state index < -0.39 is 3.79 Å². The number of aliphatic hydroxyl groups is 2. The molecule has 7 nitrogen and oxygen atoms in total. The average molecular weight is 331 g/mol. The lowest BCUT2D eigenvalue weighted by atomic mass is 10.5. The molecule has 0 atom stereocenters. The molecule has 0 fully saturated rings. The fourth-order valence-corrected chi connectivity index (χ4v) is 1.41. The van der Waals surface area contributed by atoms with Crippen molar-refractivity contribution in [3.8, 4) is 0 Å². The minimum atomic E-state index is -1.78. The van der Waals surface area contributed by atoms with Crippen molar-refractivity contribution in [2.45, 2.75) is 3.79 Å². The molecule has 0 aliphatic heterocycles. The molecule has 0 radical (unpaired) electrons. The van der Waals surface area contributed by atoms with E-state index in [0.29, 0.717) is 6.54 Å². The molecule has 3 N–H and O–H groups in total. The maximum atomic E-state index is 8.90. The van der Waals surface area contributed by atoms with E-state index in [2.05, 4.69) is 20.3 Å². The Kier molecular flexibility index (Phi) is 6.28. The molecule has 1 aromatic heterocycles. The van der Waals surface area contributed by atoms with Crippen molar-refractivity contribution in [3.05, 3.63) is 5.82 Å². The normalized spacial score (nSPS) is 11.5. The van der Waals surface area contributed by atoms with Crippen molar-refractivity contribution in [1.29, 1.82) is 0 Å². The van der Waals surface area contributed by atoms with Gasteiger partial charge < -0.3 is 20.4 Å². The Morgan fingerprint density at radius 2 is 1.84 bits per heavy atom. The van der Waals surface area contributed by atoms with Gasteiger partial charge in [-0.2, -0.15) is 15.0 Å². The molecule has 0 saturated heterocycles. The van der Waals surface area contributed by atoms with E-state index in [4.69, 9.17) is 45.0 Å². The van der Waals surface area contributed by atoms with Gasteiger partial charge in [0, 0.05) is 20.1 Å². The van der Waals surface area contributed by atoms with Gasteiger partial charge in [0.15, 0.2) is 5.82 Å². The van der Waals surface area contributed by atoms with Gasteiger partial charge in [-0.15, -0.1) is 0 Å². The number of hydrogen-bond acceptors (Lipinski definition) is 7. The van der Waals surface area contributed by atoms with Crippen molar-refractivity contribution in [2.75, 3.05) is 43.6 Å². The molecule has 0 unspecified atom stereocenters. The van der Waals surface area contributed by atoms with Crippen LogP contribution in [0.15, 0.2) is 0 Å². The lowest BCUT2D eigenvalue weighted by Crippen LogP contribution is -2.26. The van der Waals surface area contributed by atoms with E-state index in [1.165, 1.54) is 0 Å². The number of hydrogen-bond donors (Lipinski definition) is 3. The Bertz CT molecular complexity index is 415. The van der Waals surface area contributed by atoms with Gasteiger partial charge in [0.05, 0.1) is 13.2 Å². The van der Waals surface area contributed by atoms with E-state index in [1.54, 1.807) is 11.9 Å². The molecule has 0 amide bonds. The molecule has 19 heavy (non-hydrogen) atoms. The first-order chi connectivity index (χ1) is 8.88. The summed E-state index contributed by atoms with van der Waals surface area (Å²) >= 11 is 17.3. The minimum Gasteiger partial charge on any atom is -0.395 e. The Labute approximate surface area is 125 Å². The van der Waals surface area contributed by atoms with Crippen LogP contribution < -0.4 is 10.2 Å². The fourth-order valence-electron chi connectivity index (χ4n) is 1.16. The molecule has 1 rings (SSSR count). The Morgan fingerprint density at radius 3 is 2.37 bits per heavy atom. The van der Waals surface area contributed by atoms with Gasteiger partial charge in [-0.05, 0) is 0 Å². The summed E-state index contributed by atoms with van der Waals surface area (Å²) in [5.74, 6) is 0.406. The van der Waals surface area contributed by atoms with Crippen LogP contribution in [0.1, 0.15) is 5.82 Å². The van der Waals surface area contributed by atoms with Crippen LogP contribution in [0.3, 0.4) is 0 Å². The highest BCUT2D eigenvalue weighted by atomic mass is 35.6. The predicted molar refractivity (Wildman–Crippen MR) is 75.0 cm³/mol. The highest BCUT2D eigenvalue weighted by Crippen LogP contribution is 2.36. The summed E-state index contributed by atoms with van der Waals surface area (Å²) in [5.41, 5.74) is 0. The van der Waals surface area contributed by atoms with Crippen molar-refractivity contribution in [1.82, 2.24) is 15.0 Å². The van der Waals surface area contributed by atoms with Gasteiger partial charge in [-0.25, -0.2) is 0 Å². The van der Waals surface area contributed by atoms with Crippen molar-refractivity contribution in [2.24, 2.45) is 0 Å². The summed E-state index contributed by atoms with van der Waals surface area (Å²) in [6.45, 7) is 0.427. The second-order valence-electron chi connectivity index (χ2n) is 3.58. The number of anilines is 2. The van der Waals surface area contributed by atoms with Gasteiger partial charge in [-0.1, -0.05) is 34.8 Å². The number of alkyl halides is 3. The van der Waals surface area contributed by atoms with Gasteiger partial charge in [0.25, 0.3) is 0 Å². The predicted octanol–water partition coefficient (Wildman–Crippen LogP) is 0.531. The number of aliphatic hydroxyl groups excluding tert-OH is 2. The highest BCUT2D eigenvalue weighted by molar-refractivity contribution is 6.66. The second kappa shape index (κ2) is 7.25. The van der Waals surface area contributed by atoms with E-state index in [0.717, 1.165) is 0 Å². The van der Waals surface area contributed by atoms with Crippen molar-refractivity contribution < 1.29 is 10.2 Å². The maximum absolute atomic E-state index is 8.90. The summed E-state index contributed by atoms with van der Waals surface area (Å²) < 4.78 is -1.78. The van der Waals surface area contributed by atoms with E-state index in [9.17, 15) is 0 Å². The smallest absolute Gasteiger partial charge is 0.250 e. The summed E-state index contributed by atoms with van der Waals surface area (Å²) in [6.07, 6.45) is 0. The zero-order valence-electron chi connectivity index (χ0n) is 10.1. The van der Waals surface area contributed by atoms with Crippen LogP contribution in [0.25, 0.3) is 0 Å². The van der Waals surface area contributed by atoms with Gasteiger partial charge in [-0.3, -0.25) is 0 Å². The molecule has 10 heteroatoms.